The minimum Gasteiger partial charge on any atom is -0.486 e. The van der Waals surface area contributed by atoms with Crippen LogP contribution in [-0.2, 0) is 13.0 Å². The zero-order valence-corrected chi connectivity index (χ0v) is 12.6. The van der Waals surface area contributed by atoms with Gasteiger partial charge in [0.05, 0.1) is 0 Å². The highest BCUT2D eigenvalue weighted by Gasteiger charge is 2.12. The monoisotopic (exact) mass is 287 g/mol. The molecule has 2 rings (SSSR count). The standard InChI is InChI=1S/C18H22FNO/c1-3-16(20)11-15-5-4-6-17(19)18(15)21-12-14-9-7-13(2)8-10-14/h4-10,16H,3,11-12,20H2,1-2H3. The van der Waals surface area contributed by atoms with Crippen molar-refractivity contribution in [1.29, 1.82) is 0 Å². The molecule has 0 aliphatic carbocycles. The fourth-order valence-electron chi connectivity index (χ4n) is 2.14. The van der Waals surface area contributed by atoms with Gasteiger partial charge in [-0.25, -0.2) is 4.39 Å². The SMILES string of the molecule is CCC(N)Cc1cccc(F)c1OCc1ccc(C)cc1. The topological polar surface area (TPSA) is 35.2 Å². The summed E-state index contributed by atoms with van der Waals surface area (Å²) in [7, 11) is 0. The Morgan fingerprint density at radius 3 is 2.52 bits per heavy atom. The molecule has 0 amide bonds. The lowest BCUT2D eigenvalue weighted by molar-refractivity contribution is 0.286. The molecule has 112 valence electrons. The predicted octanol–water partition coefficient (Wildman–Crippen LogP) is 3.99. The van der Waals surface area contributed by atoms with Crippen LogP contribution in [0, 0.1) is 12.7 Å². The largest absolute Gasteiger partial charge is 0.486 e. The molecule has 0 aliphatic rings. The van der Waals surface area contributed by atoms with Gasteiger partial charge in [0.2, 0.25) is 0 Å². The summed E-state index contributed by atoms with van der Waals surface area (Å²) in [6, 6.07) is 13.1. The molecule has 0 aliphatic heterocycles. The first-order valence-corrected chi connectivity index (χ1v) is 7.31. The number of halogens is 1. The second-order valence-corrected chi connectivity index (χ2v) is 5.37. The molecule has 0 radical (unpaired) electrons. The second kappa shape index (κ2) is 7.23. The molecule has 1 unspecified atom stereocenters. The molecule has 1 atom stereocenters. The summed E-state index contributed by atoms with van der Waals surface area (Å²) in [6.45, 7) is 4.41. The van der Waals surface area contributed by atoms with Crippen molar-refractivity contribution in [2.75, 3.05) is 0 Å². The summed E-state index contributed by atoms with van der Waals surface area (Å²) in [5.74, 6) is -0.00936. The number of nitrogens with two attached hydrogens (primary N) is 1. The van der Waals surface area contributed by atoms with Crippen molar-refractivity contribution in [2.45, 2.75) is 39.3 Å². The van der Waals surface area contributed by atoms with Gasteiger partial charge >= 0.3 is 0 Å². The highest BCUT2D eigenvalue weighted by atomic mass is 19.1. The molecule has 0 spiro atoms. The maximum Gasteiger partial charge on any atom is 0.165 e. The van der Waals surface area contributed by atoms with E-state index >= 15 is 0 Å². The summed E-state index contributed by atoms with van der Waals surface area (Å²) >= 11 is 0. The molecule has 2 nitrogen and oxygen atoms in total. The summed E-state index contributed by atoms with van der Waals surface area (Å²) < 4.78 is 19.7. The van der Waals surface area contributed by atoms with Crippen molar-refractivity contribution in [3.63, 3.8) is 0 Å². The fourth-order valence-corrected chi connectivity index (χ4v) is 2.14. The zero-order valence-electron chi connectivity index (χ0n) is 12.6. The summed E-state index contributed by atoms with van der Waals surface area (Å²) in [6.07, 6.45) is 1.48. The van der Waals surface area contributed by atoms with E-state index < -0.39 is 0 Å². The quantitative estimate of drug-likeness (QED) is 0.871. The highest BCUT2D eigenvalue weighted by molar-refractivity contribution is 5.36. The molecule has 21 heavy (non-hydrogen) atoms. The molecule has 0 bridgehead atoms. The Kier molecular flexibility index (Phi) is 5.34. The molecule has 0 saturated carbocycles. The van der Waals surface area contributed by atoms with Crippen LogP contribution in [0.3, 0.4) is 0 Å². The fraction of sp³-hybridized carbons (Fsp3) is 0.333. The first-order chi connectivity index (χ1) is 10.1. The Labute approximate surface area is 125 Å². The molecule has 2 N–H and O–H groups in total. The van der Waals surface area contributed by atoms with Crippen LogP contribution in [0.5, 0.6) is 5.75 Å². The van der Waals surface area contributed by atoms with Crippen LogP contribution in [0.4, 0.5) is 4.39 Å². The van der Waals surface area contributed by atoms with Crippen molar-refractivity contribution >= 4 is 0 Å². The van der Waals surface area contributed by atoms with E-state index in [0.717, 1.165) is 17.5 Å². The Balaban J connectivity index is 2.12. The van der Waals surface area contributed by atoms with Crippen molar-refractivity contribution in [3.8, 4) is 5.75 Å². The number of benzene rings is 2. The number of para-hydroxylation sites is 1. The van der Waals surface area contributed by atoms with Gasteiger partial charge in [0.1, 0.15) is 6.61 Å². The van der Waals surface area contributed by atoms with Gasteiger partial charge in [0.25, 0.3) is 0 Å². The number of rotatable bonds is 6. The normalized spacial score (nSPS) is 12.2. The summed E-state index contributed by atoms with van der Waals surface area (Å²) in [5.41, 5.74) is 9.02. The van der Waals surface area contributed by atoms with Gasteiger partial charge in [-0.15, -0.1) is 0 Å². The molecule has 0 aromatic heterocycles. The van der Waals surface area contributed by atoms with E-state index in [9.17, 15) is 4.39 Å². The van der Waals surface area contributed by atoms with Crippen molar-refractivity contribution in [2.24, 2.45) is 5.73 Å². The lowest BCUT2D eigenvalue weighted by Gasteiger charge is -2.15. The number of hydrogen-bond donors (Lipinski definition) is 1. The zero-order chi connectivity index (χ0) is 15.2. The first kappa shape index (κ1) is 15.5. The molecular weight excluding hydrogens is 265 g/mol. The maximum absolute atomic E-state index is 14.0. The van der Waals surface area contributed by atoms with E-state index in [4.69, 9.17) is 10.5 Å². The molecule has 2 aromatic rings. The van der Waals surface area contributed by atoms with Crippen LogP contribution in [0.25, 0.3) is 0 Å². The molecule has 0 heterocycles. The van der Waals surface area contributed by atoms with Crippen molar-refractivity contribution < 1.29 is 9.13 Å². The van der Waals surface area contributed by atoms with Crippen LogP contribution in [0.2, 0.25) is 0 Å². The van der Waals surface area contributed by atoms with Gasteiger partial charge in [-0.1, -0.05) is 48.9 Å². The van der Waals surface area contributed by atoms with E-state index in [0.29, 0.717) is 18.8 Å². The average molecular weight is 287 g/mol. The Hall–Kier alpha value is -1.87. The minimum atomic E-state index is -0.331. The Bertz CT molecular complexity index is 580. The van der Waals surface area contributed by atoms with E-state index in [1.807, 2.05) is 44.2 Å². The molecule has 0 fully saturated rings. The van der Waals surface area contributed by atoms with Gasteiger partial charge in [-0.2, -0.15) is 0 Å². The first-order valence-electron chi connectivity index (χ1n) is 7.31. The van der Waals surface area contributed by atoms with Crippen molar-refractivity contribution in [3.05, 3.63) is 65.0 Å². The number of hydrogen-bond acceptors (Lipinski definition) is 2. The Morgan fingerprint density at radius 2 is 1.86 bits per heavy atom. The third-order valence-electron chi connectivity index (χ3n) is 3.56. The maximum atomic E-state index is 14.0. The van der Waals surface area contributed by atoms with Gasteiger partial charge < -0.3 is 10.5 Å². The van der Waals surface area contributed by atoms with Gasteiger partial charge in [-0.05, 0) is 37.0 Å². The van der Waals surface area contributed by atoms with Crippen LogP contribution in [0.15, 0.2) is 42.5 Å². The van der Waals surface area contributed by atoms with Crippen molar-refractivity contribution in [1.82, 2.24) is 0 Å². The second-order valence-electron chi connectivity index (χ2n) is 5.37. The molecule has 2 aromatic carbocycles. The van der Waals surface area contributed by atoms with E-state index in [2.05, 4.69) is 0 Å². The summed E-state index contributed by atoms with van der Waals surface area (Å²) in [4.78, 5) is 0. The Morgan fingerprint density at radius 1 is 1.14 bits per heavy atom. The molecular formula is C18H22FNO. The minimum absolute atomic E-state index is 0.0218. The van der Waals surface area contributed by atoms with E-state index in [1.54, 1.807) is 6.07 Å². The van der Waals surface area contributed by atoms with E-state index in [1.165, 1.54) is 11.6 Å². The van der Waals surface area contributed by atoms with Gasteiger partial charge in [0.15, 0.2) is 11.6 Å². The number of ether oxygens (including phenoxy) is 1. The average Bonchev–Trinajstić information content (AvgIpc) is 2.48. The van der Waals surface area contributed by atoms with Crippen LogP contribution in [-0.4, -0.2) is 6.04 Å². The predicted molar refractivity (Wildman–Crippen MR) is 83.9 cm³/mol. The lowest BCUT2D eigenvalue weighted by atomic mass is 10.0. The van der Waals surface area contributed by atoms with Gasteiger partial charge in [-0.3, -0.25) is 0 Å². The van der Waals surface area contributed by atoms with E-state index in [-0.39, 0.29) is 11.9 Å². The van der Waals surface area contributed by atoms with Crippen LogP contribution in [0.1, 0.15) is 30.0 Å². The third kappa shape index (κ3) is 4.30. The molecule has 0 saturated heterocycles. The van der Waals surface area contributed by atoms with Crippen LogP contribution < -0.4 is 10.5 Å². The third-order valence-corrected chi connectivity index (χ3v) is 3.56. The van der Waals surface area contributed by atoms with Crippen LogP contribution >= 0.6 is 0 Å². The smallest absolute Gasteiger partial charge is 0.165 e. The highest BCUT2D eigenvalue weighted by Crippen LogP contribution is 2.25. The molecule has 3 heteroatoms. The summed E-state index contributed by atoms with van der Waals surface area (Å²) in [5, 5.41) is 0. The van der Waals surface area contributed by atoms with Gasteiger partial charge in [0, 0.05) is 6.04 Å². The lowest BCUT2D eigenvalue weighted by Crippen LogP contribution is -2.22. The number of aryl methyl sites for hydroxylation is 1.